The molecule has 104 valence electrons. The summed E-state index contributed by atoms with van der Waals surface area (Å²) in [5.74, 6) is 0.0186. The van der Waals surface area contributed by atoms with Gasteiger partial charge in [-0.25, -0.2) is 0 Å². The molecule has 20 heavy (non-hydrogen) atoms. The number of rotatable bonds is 4. The Morgan fingerprint density at radius 3 is 3.05 bits per heavy atom. The molecule has 0 bridgehead atoms. The van der Waals surface area contributed by atoms with Crippen molar-refractivity contribution < 1.29 is 4.79 Å². The highest BCUT2D eigenvalue weighted by Gasteiger charge is 2.09. The first-order valence-electron chi connectivity index (χ1n) is 7.36. The molecule has 0 spiro atoms. The van der Waals surface area contributed by atoms with Crippen LogP contribution in [0.25, 0.3) is 5.52 Å². The van der Waals surface area contributed by atoms with Gasteiger partial charge in [-0.2, -0.15) is 0 Å². The van der Waals surface area contributed by atoms with E-state index in [2.05, 4.69) is 11.4 Å². The largest absolute Gasteiger partial charge is 0.352 e. The Morgan fingerprint density at radius 1 is 1.30 bits per heavy atom. The van der Waals surface area contributed by atoms with Crippen LogP contribution in [-0.4, -0.2) is 16.9 Å². The van der Waals surface area contributed by atoms with Crippen LogP contribution in [0.15, 0.2) is 48.3 Å². The lowest BCUT2D eigenvalue weighted by atomic mass is 9.97. The SMILES string of the molecule is O=C(NCCC1=CCCCC1)c1cc2ccccn2c1. The Hall–Kier alpha value is -2.03. The van der Waals surface area contributed by atoms with Crippen molar-refractivity contribution in [3.05, 3.63) is 53.9 Å². The Labute approximate surface area is 119 Å². The van der Waals surface area contributed by atoms with Crippen LogP contribution in [0.5, 0.6) is 0 Å². The third kappa shape index (κ3) is 2.93. The molecule has 0 radical (unpaired) electrons. The molecular weight excluding hydrogens is 248 g/mol. The molecule has 1 amide bonds. The van der Waals surface area contributed by atoms with Crippen molar-refractivity contribution >= 4 is 11.4 Å². The first kappa shape index (κ1) is 13.0. The van der Waals surface area contributed by atoms with Crippen molar-refractivity contribution in [3.63, 3.8) is 0 Å². The van der Waals surface area contributed by atoms with E-state index in [1.807, 2.05) is 41.1 Å². The number of hydrogen-bond donors (Lipinski definition) is 1. The Kier molecular flexibility index (Phi) is 3.86. The molecule has 2 heterocycles. The number of nitrogens with zero attached hydrogens (tertiary/aromatic N) is 1. The zero-order valence-corrected chi connectivity index (χ0v) is 11.6. The predicted molar refractivity (Wildman–Crippen MR) is 80.9 cm³/mol. The molecule has 0 unspecified atom stereocenters. The standard InChI is InChI=1S/C17H20N2O/c20-17(18-10-9-14-6-2-1-3-7-14)15-12-16-8-4-5-11-19(16)13-15/h4-6,8,11-13H,1-3,7,9-10H2,(H,18,20). The molecule has 1 N–H and O–H groups in total. The first-order valence-corrected chi connectivity index (χ1v) is 7.36. The number of carbonyl (C=O) groups is 1. The lowest BCUT2D eigenvalue weighted by molar-refractivity contribution is 0.0954. The molecule has 3 heteroatoms. The van der Waals surface area contributed by atoms with Crippen LogP contribution in [0.1, 0.15) is 42.5 Å². The zero-order valence-electron chi connectivity index (χ0n) is 11.6. The van der Waals surface area contributed by atoms with E-state index < -0.39 is 0 Å². The molecule has 2 aromatic rings. The number of nitrogens with one attached hydrogen (secondary N) is 1. The van der Waals surface area contributed by atoms with Crippen molar-refractivity contribution in [3.8, 4) is 0 Å². The number of carbonyl (C=O) groups excluding carboxylic acids is 1. The maximum Gasteiger partial charge on any atom is 0.252 e. The highest BCUT2D eigenvalue weighted by molar-refractivity contribution is 5.95. The van der Waals surface area contributed by atoms with Gasteiger partial charge in [-0.15, -0.1) is 0 Å². The summed E-state index contributed by atoms with van der Waals surface area (Å²) >= 11 is 0. The van der Waals surface area contributed by atoms with E-state index in [9.17, 15) is 4.79 Å². The summed E-state index contributed by atoms with van der Waals surface area (Å²) in [6.45, 7) is 0.733. The van der Waals surface area contributed by atoms with Gasteiger partial charge in [0.25, 0.3) is 5.91 Å². The second-order valence-electron chi connectivity index (χ2n) is 5.38. The average Bonchev–Trinajstić information content (AvgIpc) is 2.92. The fourth-order valence-electron chi connectivity index (χ4n) is 2.75. The van der Waals surface area contributed by atoms with Crippen LogP contribution < -0.4 is 5.32 Å². The summed E-state index contributed by atoms with van der Waals surface area (Å²) in [4.78, 5) is 12.1. The van der Waals surface area contributed by atoms with Crippen LogP contribution in [0.4, 0.5) is 0 Å². The molecule has 1 aliphatic rings. The van der Waals surface area contributed by atoms with Crippen LogP contribution in [-0.2, 0) is 0 Å². The van der Waals surface area contributed by atoms with E-state index in [4.69, 9.17) is 0 Å². The summed E-state index contributed by atoms with van der Waals surface area (Å²) in [5.41, 5.74) is 3.28. The molecule has 3 rings (SSSR count). The van der Waals surface area contributed by atoms with Crippen molar-refractivity contribution in [1.29, 1.82) is 0 Å². The maximum atomic E-state index is 12.1. The van der Waals surface area contributed by atoms with Crippen LogP contribution in [0, 0.1) is 0 Å². The lowest BCUT2D eigenvalue weighted by Gasteiger charge is -2.12. The second kappa shape index (κ2) is 5.95. The van der Waals surface area contributed by atoms with Crippen LogP contribution >= 0.6 is 0 Å². The minimum atomic E-state index is 0.0186. The number of aromatic nitrogens is 1. The van der Waals surface area contributed by atoms with Crippen molar-refractivity contribution in [2.75, 3.05) is 6.54 Å². The fraction of sp³-hybridized carbons (Fsp3) is 0.353. The third-order valence-corrected chi connectivity index (χ3v) is 3.88. The van der Waals surface area contributed by atoms with Gasteiger partial charge in [-0.1, -0.05) is 17.7 Å². The second-order valence-corrected chi connectivity index (χ2v) is 5.38. The van der Waals surface area contributed by atoms with Gasteiger partial charge in [0.05, 0.1) is 5.56 Å². The van der Waals surface area contributed by atoms with Gasteiger partial charge in [0, 0.05) is 24.5 Å². The first-order chi connectivity index (χ1) is 9.83. The van der Waals surface area contributed by atoms with Gasteiger partial charge in [-0.05, 0) is 50.3 Å². The predicted octanol–water partition coefficient (Wildman–Crippen LogP) is 3.56. The highest BCUT2D eigenvalue weighted by atomic mass is 16.1. The topological polar surface area (TPSA) is 33.5 Å². The van der Waals surface area contributed by atoms with E-state index in [1.54, 1.807) is 0 Å². The monoisotopic (exact) mass is 268 g/mol. The molecule has 0 atom stereocenters. The van der Waals surface area contributed by atoms with Gasteiger partial charge in [0.2, 0.25) is 0 Å². The number of amides is 1. The van der Waals surface area contributed by atoms with Crippen molar-refractivity contribution in [1.82, 2.24) is 9.72 Å². The van der Waals surface area contributed by atoms with Gasteiger partial charge in [0.1, 0.15) is 0 Å². The molecule has 0 aromatic carbocycles. The smallest absolute Gasteiger partial charge is 0.252 e. The minimum absolute atomic E-state index is 0.0186. The maximum absolute atomic E-state index is 12.1. The van der Waals surface area contributed by atoms with Gasteiger partial charge in [0.15, 0.2) is 0 Å². The normalized spacial score (nSPS) is 15.1. The molecule has 2 aromatic heterocycles. The van der Waals surface area contributed by atoms with Gasteiger partial charge >= 0.3 is 0 Å². The van der Waals surface area contributed by atoms with Crippen LogP contribution in [0.3, 0.4) is 0 Å². The minimum Gasteiger partial charge on any atom is -0.352 e. The lowest BCUT2D eigenvalue weighted by Crippen LogP contribution is -2.24. The quantitative estimate of drug-likeness (QED) is 0.845. The molecule has 0 fully saturated rings. The zero-order chi connectivity index (χ0) is 13.8. The van der Waals surface area contributed by atoms with E-state index in [1.165, 1.54) is 31.3 Å². The summed E-state index contributed by atoms with van der Waals surface area (Å²) in [7, 11) is 0. The Bertz CT molecular complexity index is 606. The van der Waals surface area contributed by atoms with E-state index in [0.29, 0.717) is 0 Å². The summed E-state index contributed by atoms with van der Waals surface area (Å²) in [6.07, 6.45) is 12.2. The van der Waals surface area contributed by atoms with Crippen molar-refractivity contribution in [2.24, 2.45) is 0 Å². The molecule has 3 nitrogen and oxygen atoms in total. The Balaban J connectivity index is 1.57. The summed E-state index contributed by atoms with van der Waals surface area (Å²) in [5, 5.41) is 3.01. The Morgan fingerprint density at radius 2 is 2.25 bits per heavy atom. The molecule has 0 aliphatic heterocycles. The number of allylic oxidation sites excluding steroid dienone is 1. The van der Waals surface area contributed by atoms with E-state index in [0.717, 1.165) is 24.0 Å². The summed E-state index contributed by atoms with van der Waals surface area (Å²) < 4.78 is 1.97. The summed E-state index contributed by atoms with van der Waals surface area (Å²) in [6, 6.07) is 7.87. The van der Waals surface area contributed by atoms with E-state index >= 15 is 0 Å². The molecule has 0 saturated heterocycles. The van der Waals surface area contributed by atoms with Crippen LogP contribution in [0.2, 0.25) is 0 Å². The fourth-order valence-corrected chi connectivity index (χ4v) is 2.75. The van der Waals surface area contributed by atoms with E-state index in [-0.39, 0.29) is 5.91 Å². The number of hydrogen-bond acceptors (Lipinski definition) is 1. The highest BCUT2D eigenvalue weighted by Crippen LogP contribution is 2.19. The van der Waals surface area contributed by atoms with Gasteiger partial charge in [-0.3, -0.25) is 4.79 Å². The molecule has 0 saturated carbocycles. The van der Waals surface area contributed by atoms with Crippen molar-refractivity contribution in [2.45, 2.75) is 32.1 Å². The van der Waals surface area contributed by atoms with Gasteiger partial charge < -0.3 is 9.72 Å². The molecule has 1 aliphatic carbocycles. The molecular formula is C17H20N2O. The number of pyridine rings is 1. The third-order valence-electron chi connectivity index (χ3n) is 3.88. The average molecular weight is 268 g/mol. The number of fused-ring (bicyclic) bond motifs is 1.